The molecule has 4 rings (SSSR count). The second-order valence-electron chi connectivity index (χ2n) is 7.34. The highest BCUT2D eigenvalue weighted by Gasteiger charge is 2.09. The molecule has 162 valence electrons. The summed E-state index contributed by atoms with van der Waals surface area (Å²) in [6.45, 7) is 4.53. The van der Waals surface area contributed by atoms with Crippen molar-refractivity contribution < 1.29 is 4.74 Å². The van der Waals surface area contributed by atoms with Gasteiger partial charge in [-0.25, -0.2) is 0 Å². The lowest BCUT2D eigenvalue weighted by molar-refractivity contribution is 0.306. The fourth-order valence-electron chi connectivity index (χ4n) is 2.92. The quantitative estimate of drug-likeness (QED) is 0.204. The number of nitrogens with zero attached hydrogens (tertiary/aromatic N) is 4. The molecule has 0 radical (unpaired) electrons. The topological polar surface area (TPSA) is 52.3 Å². The monoisotopic (exact) mass is 506 g/mol. The van der Waals surface area contributed by atoms with Gasteiger partial charge in [0.2, 0.25) is 5.16 Å². The van der Waals surface area contributed by atoms with Crippen LogP contribution in [0.2, 0.25) is 0 Å². The molecule has 0 saturated heterocycles. The maximum absolute atomic E-state index is 5.88. The van der Waals surface area contributed by atoms with E-state index in [1.54, 1.807) is 16.4 Å². The second kappa shape index (κ2) is 10.6. The van der Waals surface area contributed by atoms with E-state index in [0.29, 0.717) is 6.61 Å². The summed E-state index contributed by atoms with van der Waals surface area (Å²) in [5.41, 5.74) is 4.59. The lowest BCUT2D eigenvalue weighted by Gasteiger charge is -2.07. The number of thioether (sulfide) groups is 1. The Balaban J connectivity index is 1.37. The first kappa shape index (κ1) is 22.3. The van der Waals surface area contributed by atoms with Crippen LogP contribution in [0.3, 0.4) is 0 Å². The van der Waals surface area contributed by atoms with Gasteiger partial charge in [-0.2, -0.15) is 9.78 Å². The van der Waals surface area contributed by atoms with Crippen LogP contribution < -0.4 is 4.74 Å². The van der Waals surface area contributed by atoms with Crippen molar-refractivity contribution in [1.82, 2.24) is 14.9 Å². The molecule has 32 heavy (non-hydrogen) atoms. The Morgan fingerprint density at radius 1 is 0.906 bits per heavy atom. The summed E-state index contributed by atoms with van der Waals surface area (Å²) in [4.78, 5) is 0. The van der Waals surface area contributed by atoms with Crippen LogP contribution in [0.25, 0.3) is 0 Å². The number of rotatable bonds is 8. The van der Waals surface area contributed by atoms with Crippen LogP contribution in [0.1, 0.15) is 28.1 Å². The fraction of sp³-hybridized carbons (Fsp3) is 0.160. The van der Waals surface area contributed by atoms with Crippen molar-refractivity contribution in [3.8, 4) is 5.75 Å². The Hall–Kier alpha value is -2.90. The van der Waals surface area contributed by atoms with Crippen molar-refractivity contribution >= 4 is 33.9 Å². The number of halogens is 1. The Morgan fingerprint density at radius 2 is 1.59 bits per heavy atom. The fourth-order valence-corrected chi connectivity index (χ4v) is 4.07. The molecule has 0 unspecified atom stereocenters. The van der Waals surface area contributed by atoms with E-state index in [4.69, 9.17) is 4.74 Å². The Kier molecular flexibility index (Phi) is 7.39. The second-order valence-corrected chi connectivity index (χ2v) is 9.20. The molecule has 0 saturated carbocycles. The zero-order chi connectivity index (χ0) is 22.3. The standard InChI is InChI=1S/C25H23BrN4OS/c1-18-3-5-21(6-4-18)16-31-24-13-9-20(10-14-24)15-27-30-19(2)28-29-25(30)32-17-22-7-11-23(26)12-8-22/h3-15H,16-17H2,1-2H3/b27-15+. The maximum Gasteiger partial charge on any atom is 0.212 e. The molecule has 5 nitrogen and oxygen atoms in total. The van der Waals surface area contributed by atoms with E-state index >= 15 is 0 Å². The number of hydrogen-bond donors (Lipinski definition) is 0. The van der Waals surface area contributed by atoms with Crippen LogP contribution in [-0.4, -0.2) is 21.1 Å². The van der Waals surface area contributed by atoms with Gasteiger partial charge < -0.3 is 4.74 Å². The van der Waals surface area contributed by atoms with Crippen LogP contribution in [0, 0.1) is 13.8 Å². The van der Waals surface area contributed by atoms with E-state index in [9.17, 15) is 0 Å². The maximum atomic E-state index is 5.88. The molecule has 1 heterocycles. The summed E-state index contributed by atoms with van der Waals surface area (Å²) in [5, 5.41) is 13.8. The molecule has 0 aliphatic carbocycles. The van der Waals surface area contributed by atoms with Crippen molar-refractivity contribution in [3.63, 3.8) is 0 Å². The van der Waals surface area contributed by atoms with Gasteiger partial charge in [-0.1, -0.05) is 69.7 Å². The largest absolute Gasteiger partial charge is 0.489 e. The lowest BCUT2D eigenvalue weighted by atomic mass is 10.2. The average Bonchev–Trinajstić information content (AvgIpc) is 3.17. The highest BCUT2D eigenvalue weighted by atomic mass is 79.9. The zero-order valence-electron chi connectivity index (χ0n) is 17.9. The third-order valence-corrected chi connectivity index (χ3v) is 6.30. The summed E-state index contributed by atoms with van der Waals surface area (Å²) in [7, 11) is 0. The average molecular weight is 507 g/mol. The molecular weight excluding hydrogens is 484 g/mol. The molecule has 3 aromatic carbocycles. The predicted molar refractivity (Wildman–Crippen MR) is 133 cm³/mol. The van der Waals surface area contributed by atoms with Crippen molar-refractivity contribution in [3.05, 3.63) is 105 Å². The highest BCUT2D eigenvalue weighted by Crippen LogP contribution is 2.23. The van der Waals surface area contributed by atoms with E-state index < -0.39 is 0 Å². The van der Waals surface area contributed by atoms with Gasteiger partial charge in [0, 0.05) is 10.2 Å². The minimum absolute atomic E-state index is 0.548. The summed E-state index contributed by atoms with van der Waals surface area (Å²) in [6, 6.07) is 24.5. The Labute approximate surface area is 200 Å². The number of hydrogen-bond acceptors (Lipinski definition) is 5. The van der Waals surface area contributed by atoms with Crippen molar-refractivity contribution in [2.75, 3.05) is 0 Å². The van der Waals surface area contributed by atoms with Gasteiger partial charge in [0.15, 0.2) is 5.82 Å². The third kappa shape index (κ3) is 6.08. The van der Waals surface area contributed by atoms with Gasteiger partial charge >= 0.3 is 0 Å². The van der Waals surface area contributed by atoms with Crippen LogP contribution in [0.5, 0.6) is 5.75 Å². The molecule has 0 aliphatic rings. The first-order valence-corrected chi connectivity index (χ1v) is 12.0. The molecule has 0 amide bonds. The smallest absolute Gasteiger partial charge is 0.212 e. The Morgan fingerprint density at radius 3 is 2.31 bits per heavy atom. The summed E-state index contributed by atoms with van der Waals surface area (Å²) in [6.07, 6.45) is 1.81. The summed E-state index contributed by atoms with van der Waals surface area (Å²) < 4.78 is 8.72. The molecule has 4 aromatic rings. The van der Waals surface area contributed by atoms with E-state index in [1.807, 2.05) is 49.5 Å². The molecular formula is C25H23BrN4OS. The molecule has 0 aliphatic heterocycles. The number of aromatic nitrogens is 3. The molecule has 0 bridgehead atoms. The molecule has 7 heteroatoms. The van der Waals surface area contributed by atoms with Gasteiger partial charge in [-0.3, -0.25) is 0 Å². The molecule has 0 atom stereocenters. The van der Waals surface area contributed by atoms with Gasteiger partial charge in [0.1, 0.15) is 12.4 Å². The van der Waals surface area contributed by atoms with Crippen LogP contribution in [-0.2, 0) is 12.4 Å². The van der Waals surface area contributed by atoms with Crippen LogP contribution >= 0.6 is 27.7 Å². The highest BCUT2D eigenvalue weighted by molar-refractivity contribution is 9.10. The van der Waals surface area contributed by atoms with Crippen molar-refractivity contribution in [2.24, 2.45) is 5.10 Å². The normalized spacial score (nSPS) is 11.2. The molecule has 1 aromatic heterocycles. The van der Waals surface area contributed by atoms with Crippen LogP contribution in [0.15, 0.2) is 87.5 Å². The number of ether oxygens (including phenoxy) is 1. The minimum atomic E-state index is 0.548. The Bertz CT molecular complexity index is 1190. The van der Waals surface area contributed by atoms with Crippen molar-refractivity contribution in [2.45, 2.75) is 31.4 Å². The minimum Gasteiger partial charge on any atom is -0.489 e. The molecule has 0 fully saturated rings. The van der Waals surface area contributed by atoms with Gasteiger partial charge in [-0.15, -0.1) is 10.2 Å². The number of aryl methyl sites for hydroxylation is 2. The summed E-state index contributed by atoms with van der Waals surface area (Å²) >= 11 is 5.07. The van der Waals surface area contributed by atoms with Crippen molar-refractivity contribution in [1.29, 1.82) is 0 Å². The lowest BCUT2D eigenvalue weighted by Crippen LogP contribution is -1.97. The number of benzene rings is 3. The first-order chi connectivity index (χ1) is 15.6. The van der Waals surface area contributed by atoms with E-state index in [-0.39, 0.29) is 0 Å². The van der Waals surface area contributed by atoms with Gasteiger partial charge in [0.05, 0.1) is 6.21 Å². The van der Waals surface area contributed by atoms with E-state index in [2.05, 4.69) is 74.6 Å². The SMILES string of the molecule is Cc1ccc(COc2ccc(/C=N/n3c(C)nnc3SCc3ccc(Br)cc3)cc2)cc1. The van der Waals surface area contributed by atoms with Crippen LogP contribution in [0.4, 0.5) is 0 Å². The zero-order valence-corrected chi connectivity index (χ0v) is 20.3. The summed E-state index contributed by atoms with van der Waals surface area (Å²) in [5.74, 6) is 2.38. The third-order valence-electron chi connectivity index (χ3n) is 4.78. The first-order valence-electron chi connectivity index (χ1n) is 10.2. The predicted octanol–water partition coefficient (Wildman–Crippen LogP) is 6.41. The van der Waals surface area contributed by atoms with E-state index in [1.165, 1.54) is 11.1 Å². The van der Waals surface area contributed by atoms with Gasteiger partial charge in [-0.05, 0) is 66.9 Å². The van der Waals surface area contributed by atoms with E-state index in [0.717, 1.165) is 38.1 Å². The molecule has 0 N–H and O–H groups in total. The molecule has 0 spiro atoms. The van der Waals surface area contributed by atoms with Gasteiger partial charge in [0.25, 0.3) is 0 Å².